The summed E-state index contributed by atoms with van der Waals surface area (Å²) >= 11 is 0. The van der Waals surface area contributed by atoms with Crippen molar-refractivity contribution in [3.63, 3.8) is 0 Å². The van der Waals surface area contributed by atoms with Crippen LogP contribution in [0.2, 0.25) is 0 Å². The summed E-state index contributed by atoms with van der Waals surface area (Å²) in [7, 11) is 3.49. The van der Waals surface area contributed by atoms with E-state index in [0.717, 1.165) is 44.0 Å². The Labute approximate surface area is 148 Å². The summed E-state index contributed by atoms with van der Waals surface area (Å²) in [5.41, 5.74) is 2.57. The number of pyridine rings is 1. The lowest BCUT2D eigenvalue weighted by Gasteiger charge is -2.32. The molecule has 3 rings (SSSR count). The summed E-state index contributed by atoms with van der Waals surface area (Å²) in [6.45, 7) is 4.82. The van der Waals surface area contributed by atoms with E-state index in [4.69, 9.17) is 0 Å². The third-order valence-corrected chi connectivity index (χ3v) is 4.63. The Hall–Kier alpha value is -2.34. The smallest absolute Gasteiger partial charge is 0.256 e. The highest BCUT2D eigenvalue weighted by atomic mass is 16.2. The van der Waals surface area contributed by atoms with Gasteiger partial charge in [-0.1, -0.05) is 6.07 Å². The Balaban J connectivity index is 1.71. The Morgan fingerprint density at radius 1 is 1.36 bits per heavy atom. The van der Waals surface area contributed by atoms with Crippen molar-refractivity contribution in [2.75, 3.05) is 27.2 Å². The Bertz CT molecular complexity index is 732. The molecule has 6 nitrogen and oxygen atoms in total. The molecule has 0 radical (unpaired) electrons. The average Bonchev–Trinajstić information content (AvgIpc) is 2.62. The molecule has 1 amide bonds. The number of carbonyl (C=O) groups excluding carboxylic acids is 1. The topological polar surface area (TPSA) is 62.2 Å². The van der Waals surface area contributed by atoms with E-state index in [-0.39, 0.29) is 5.91 Å². The van der Waals surface area contributed by atoms with E-state index in [9.17, 15) is 4.79 Å². The van der Waals surface area contributed by atoms with Crippen molar-refractivity contribution in [3.05, 3.63) is 53.4 Å². The molecular weight excluding hydrogens is 314 g/mol. The maximum Gasteiger partial charge on any atom is 0.256 e. The van der Waals surface area contributed by atoms with Crippen LogP contribution in [-0.2, 0) is 6.54 Å². The fraction of sp³-hybridized carbons (Fsp3) is 0.474. The van der Waals surface area contributed by atoms with E-state index in [1.807, 2.05) is 19.2 Å². The molecule has 0 N–H and O–H groups in total. The van der Waals surface area contributed by atoms with E-state index in [1.54, 1.807) is 31.4 Å². The minimum absolute atomic E-state index is 0.0501. The van der Waals surface area contributed by atoms with E-state index in [1.165, 1.54) is 5.56 Å². The number of aryl methyl sites for hydroxylation is 1. The second-order valence-electron chi connectivity index (χ2n) is 6.86. The molecule has 2 aromatic heterocycles. The molecule has 1 saturated heterocycles. The predicted octanol–water partition coefficient (Wildman–Crippen LogP) is 2.26. The lowest BCUT2D eigenvalue weighted by atomic mass is 9.96. The first kappa shape index (κ1) is 17.5. The molecule has 6 heteroatoms. The molecule has 1 atom stereocenters. The molecule has 0 unspecified atom stereocenters. The largest absolute Gasteiger partial charge is 0.345 e. The normalized spacial score (nSPS) is 18.1. The van der Waals surface area contributed by atoms with Crippen LogP contribution in [0.4, 0.5) is 0 Å². The van der Waals surface area contributed by atoms with Crippen LogP contribution in [0.15, 0.2) is 30.7 Å². The zero-order valence-electron chi connectivity index (χ0n) is 15.1. The zero-order chi connectivity index (χ0) is 17.8. The number of hydrogen-bond donors (Lipinski definition) is 0. The quantitative estimate of drug-likeness (QED) is 0.855. The molecule has 0 aliphatic carbocycles. The van der Waals surface area contributed by atoms with Gasteiger partial charge in [0.2, 0.25) is 0 Å². The number of likely N-dealkylation sites (tertiary alicyclic amines) is 1. The molecule has 0 bridgehead atoms. The molecule has 1 aliphatic rings. The van der Waals surface area contributed by atoms with Gasteiger partial charge in [-0.3, -0.25) is 14.7 Å². The first-order valence-corrected chi connectivity index (χ1v) is 8.71. The SMILES string of the molecule is Cc1nc([C@@H]2CCCN(Cc3cccnc3)C2)ncc1C(=O)N(C)C. The van der Waals surface area contributed by atoms with Crippen molar-refractivity contribution in [1.82, 2.24) is 24.8 Å². The molecule has 3 heterocycles. The van der Waals surface area contributed by atoms with Crippen molar-refractivity contribution < 1.29 is 4.79 Å². The first-order valence-electron chi connectivity index (χ1n) is 8.71. The van der Waals surface area contributed by atoms with Crippen LogP contribution in [-0.4, -0.2) is 57.8 Å². The van der Waals surface area contributed by atoms with Crippen LogP contribution >= 0.6 is 0 Å². The molecule has 0 spiro atoms. The summed E-state index contributed by atoms with van der Waals surface area (Å²) in [4.78, 5) is 29.5. The van der Waals surface area contributed by atoms with Gasteiger partial charge in [0.1, 0.15) is 5.82 Å². The van der Waals surface area contributed by atoms with Crippen molar-refractivity contribution >= 4 is 5.91 Å². The van der Waals surface area contributed by atoms with Crippen molar-refractivity contribution in [2.24, 2.45) is 0 Å². The van der Waals surface area contributed by atoms with Gasteiger partial charge in [-0.15, -0.1) is 0 Å². The monoisotopic (exact) mass is 339 g/mol. The van der Waals surface area contributed by atoms with Gasteiger partial charge in [0.25, 0.3) is 5.91 Å². The molecule has 132 valence electrons. The third kappa shape index (κ3) is 4.20. The van der Waals surface area contributed by atoms with Crippen LogP contribution in [0.5, 0.6) is 0 Å². The van der Waals surface area contributed by atoms with E-state index >= 15 is 0 Å². The summed E-state index contributed by atoms with van der Waals surface area (Å²) < 4.78 is 0. The van der Waals surface area contributed by atoms with Crippen LogP contribution in [0.25, 0.3) is 0 Å². The third-order valence-electron chi connectivity index (χ3n) is 4.63. The van der Waals surface area contributed by atoms with Gasteiger partial charge in [-0.05, 0) is 37.9 Å². The average molecular weight is 339 g/mol. The van der Waals surface area contributed by atoms with Gasteiger partial charge in [-0.25, -0.2) is 9.97 Å². The van der Waals surface area contributed by atoms with Crippen molar-refractivity contribution in [3.8, 4) is 0 Å². The van der Waals surface area contributed by atoms with Gasteiger partial charge in [0, 0.05) is 51.7 Å². The molecule has 0 aromatic carbocycles. The highest BCUT2D eigenvalue weighted by Crippen LogP contribution is 2.26. The number of aromatic nitrogens is 3. The molecule has 0 saturated carbocycles. The second kappa shape index (κ2) is 7.70. The lowest BCUT2D eigenvalue weighted by molar-refractivity contribution is 0.0825. The number of hydrogen-bond acceptors (Lipinski definition) is 5. The predicted molar refractivity (Wildman–Crippen MR) is 96.3 cm³/mol. The van der Waals surface area contributed by atoms with Crippen LogP contribution in [0.1, 0.15) is 46.2 Å². The highest BCUT2D eigenvalue weighted by Gasteiger charge is 2.24. The van der Waals surface area contributed by atoms with Gasteiger partial charge in [-0.2, -0.15) is 0 Å². The lowest BCUT2D eigenvalue weighted by Crippen LogP contribution is -2.34. The molecule has 25 heavy (non-hydrogen) atoms. The van der Waals surface area contributed by atoms with E-state index < -0.39 is 0 Å². The molecule has 1 fully saturated rings. The summed E-state index contributed by atoms with van der Waals surface area (Å²) in [5.74, 6) is 1.11. The van der Waals surface area contributed by atoms with E-state index in [2.05, 4.69) is 25.9 Å². The van der Waals surface area contributed by atoms with Gasteiger partial charge in [0.05, 0.1) is 11.3 Å². The molecule has 1 aliphatic heterocycles. The van der Waals surface area contributed by atoms with Crippen LogP contribution in [0, 0.1) is 6.92 Å². The summed E-state index contributed by atoms with van der Waals surface area (Å²) in [6.07, 6.45) is 7.62. The summed E-state index contributed by atoms with van der Waals surface area (Å²) in [5, 5.41) is 0. The number of rotatable bonds is 4. The fourth-order valence-electron chi connectivity index (χ4n) is 3.29. The highest BCUT2D eigenvalue weighted by molar-refractivity contribution is 5.94. The standard InChI is InChI=1S/C19H25N5O/c1-14-17(19(25)23(2)3)11-21-18(22-14)16-7-5-9-24(13-16)12-15-6-4-8-20-10-15/h4,6,8,10-11,16H,5,7,9,12-13H2,1-3H3/t16-/m1/s1. The first-order chi connectivity index (χ1) is 12.0. The number of piperidine rings is 1. The van der Waals surface area contributed by atoms with Gasteiger partial charge < -0.3 is 4.90 Å². The Morgan fingerprint density at radius 3 is 2.88 bits per heavy atom. The molecular formula is C19H25N5O. The Morgan fingerprint density at radius 2 is 2.20 bits per heavy atom. The fourth-order valence-corrected chi connectivity index (χ4v) is 3.29. The maximum absolute atomic E-state index is 12.1. The minimum Gasteiger partial charge on any atom is -0.345 e. The van der Waals surface area contributed by atoms with E-state index in [0.29, 0.717) is 11.5 Å². The van der Waals surface area contributed by atoms with Crippen LogP contribution < -0.4 is 0 Å². The number of amides is 1. The molecule has 2 aromatic rings. The van der Waals surface area contributed by atoms with Crippen LogP contribution in [0.3, 0.4) is 0 Å². The maximum atomic E-state index is 12.1. The van der Waals surface area contributed by atoms with Crippen molar-refractivity contribution in [2.45, 2.75) is 32.2 Å². The zero-order valence-corrected chi connectivity index (χ0v) is 15.1. The van der Waals surface area contributed by atoms with Gasteiger partial charge in [0.15, 0.2) is 0 Å². The van der Waals surface area contributed by atoms with Crippen molar-refractivity contribution in [1.29, 1.82) is 0 Å². The second-order valence-corrected chi connectivity index (χ2v) is 6.86. The summed E-state index contributed by atoms with van der Waals surface area (Å²) in [6, 6.07) is 4.09. The van der Waals surface area contributed by atoms with Gasteiger partial charge >= 0.3 is 0 Å². The number of nitrogens with zero attached hydrogens (tertiary/aromatic N) is 5. The number of carbonyl (C=O) groups is 1. The Kier molecular flexibility index (Phi) is 5.38. The minimum atomic E-state index is -0.0501.